The SMILES string of the molecule is CCCCC(Cl)CCOC(=O)CCl. The van der Waals surface area contributed by atoms with Crippen molar-refractivity contribution in [2.75, 3.05) is 12.5 Å². The molecule has 0 fully saturated rings. The van der Waals surface area contributed by atoms with Crippen LogP contribution < -0.4 is 0 Å². The van der Waals surface area contributed by atoms with Crippen molar-refractivity contribution >= 4 is 29.2 Å². The molecular formula is C9H16Cl2O2. The molecule has 0 bridgehead atoms. The highest BCUT2D eigenvalue weighted by Crippen LogP contribution is 2.11. The maximum absolute atomic E-state index is 10.6. The lowest BCUT2D eigenvalue weighted by Gasteiger charge is -2.08. The van der Waals surface area contributed by atoms with E-state index in [-0.39, 0.29) is 17.2 Å². The largest absolute Gasteiger partial charge is 0.465 e. The van der Waals surface area contributed by atoms with Crippen molar-refractivity contribution in [2.24, 2.45) is 0 Å². The van der Waals surface area contributed by atoms with Crippen LogP contribution in [0.25, 0.3) is 0 Å². The minimum absolute atomic E-state index is 0.0814. The lowest BCUT2D eigenvalue weighted by Crippen LogP contribution is -2.10. The van der Waals surface area contributed by atoms with Gasteiger partial charge in [-0.15, -0.1) is 23.2 Å². The molecule has 0 aromatic rings. The number of esters is 1. The van der Waals surface area contributed by atoms with Crippen molar-refractivity contribution in [2.45, 2.75) is 38.0 Å². The van der Waals surface area contributed by atoms with Crippen LogP contribution in [-0.4, -0.2) is 23.8 Å². The summed E-state index contributed by atoms with van der Waals surface area (Å²) in [4.78, 5) is 10.6. The lowest BCUT2D eigenvalue weighted by atomic mass is 10.1. The molecule has 0 amide bonds. The third-order valence-electron chi connectivity index (χ3n) is 1.67. The summed E-state index contributed by atoms with van der Waals surface area (Å²) >= 11 is 11.2. The summed E-state index contributed by atoms with van der Waals surface area (Å²) in [6, 6.07) is 0. The number of hydrogen-bond donors (Lipinski definition) is 0. The first kappa shape index (κ1) is 13.1. The number of carbonyl (C=O) groups is 1. The molecule has 0 saturated carbocycles. The van der Waals surface area contributed by atoms with Crippen LogP contribution in [0.3, 0.4) is 0 Å². The van der Waals surface area contributed by atoms with Gasteiger partial charge < -0.3 is 4.74 Å². The summed E-state index contributed by atoms with van der Waals surface area (Å²) in [5.41, 5.74) is 0. The first-order chi connectivity index (χ1) is 6.20. The molecule has 0 saturated heterocycles. The Morgan fingerprint density at radius 3 is 2.69 bits per heavy atom. The second kappa shape index (κ2) is 8.64. The Labute approximate surface area is 89.5 Å². The molecule has 0 aromatic heterocycles. The van der Waals surface area contributed by atoms with Crippen LogP contribution in [0, 0.1) is 0 Å². The first-order valence-corrected chi connectivity index (χ1v) is 5.53. The molecule has 1 unspecified atom stereocenters. The van der Waals surface area contributed by atoms with Crippen LogP contribution in [0.5, 0.6) is 0 Å². The highest BCUT2D eigenvalue weighted by atomic mass is 35.5. The molecule has 1 atom stereocenters. The molecule has 0 aromatic carbocycles. The molecule has 2 nitrogen and oxygen atoms in total. The molecule has 0 N–H and O–H groups in total. The van der Waals surface area contributed by atoms with Crippen molar-refractivity contribution < 1.29 is 9.53 Å². The van der Waals surface area contributed by atoms with Crippen LogP contribution in [-0.2, 0) is 9.53 Å². The highest BCUT2D eigenvalue weighted by Gasteiger charge is 2.05. The molecule has 0 aliphatic rings. The smallest absolute Gasteiger partial charge is 0.320 e. The molecule has 0 spiro atoms. The Morgan fingerprint density at radius 1 is 1.46 bits per heavy atom. The second-order valence-corrected chi connectivity index (χ2v) is 3.77. The molecule has 4 heteroatoms. The van der Waals surface area contributed by atoms with Gasteiger partial charge in [0.15, 0.2) is 0 Å². The zero-order chi connectivity index (χ0) is 10.1. The number of carbonyl (C=O) groups excluding carboxylic acids is 1. The average Bonchev–Trinajstić information content (AvgIpc) is 2.14. The van der Waals surface area contributed by atoms with E-state index in [2.05, 4.69) is 6.92 Å². The standard InChI is InChI=1S/C9H16Cl2O2/c1-2-3-4-8(11)5-6-13-9(12)7-10/h8H,2-7H2,1H3. The Morgan fingerprint density at radius 2 is 2.15 bits per heavy atom. The topological polar surface area (TPSA) is 26.3 Å². The minimum Gasteiger partial charge on any atom is -0.465 e. The predicted octanol–water partition coefficient (Wildman–Crippen LogP) is 2.96. The van der Waals surface area contributed by atoms with Gasteiger partial charge in [-0.05, 0) is 12.8 Å². The van der Waals surface area contributed by atoms with Gasteiger partial charge in [0.2, 0.25) is 0 Å². The zero-order valence-corrected chi connectivity index (χ0v) is 9.40. The quantitative estimate of drug-likeness (QED) is 0.493. The van der Waals surface area contributed by atoms with E-state index in [1.54, 1.807) is 0 Å². The zero-order valence-electron chi connectivity index (χ0n) is 7.89. The van der Waals surface area contributed by atoms with Crippen molar-refractivity contribution in [3.63, 3.8) is 0 Å². The van der Waals surface area contributed by atoms with Gasteiger partial charge in [-0.25, -0.2) is 0 Å². The number of hydrogen-bond acceptors (Lipinski definition) is 2. The Bertz CT molecular complexity index is 140. The number of ether oxygens (including phenoxy) is 1. The van der Waals surface area contributed by atoms with Gasteiger partial charge in [0.05, 0.1) is 6.61 Å². The van der Waals surface area contributed by atoms with Crippen LogP contribution >= 0.6 is 23.2 Å². The van der Waals surface area contributed by atoms with Crippen molar-refractivity contribution in [3.8, 4) is 0 Å². The number of unbranched alkanes of at least 4 members (excludes halogenated alkanes) is 1. The average molecular weight is 227 g/mol. The Hall–Kier alpha value is 0.0500. The van der Waals surface area contributed by atoms with Crippen LogP contribution in [0.1, 0.15) is 32.6 Å². The fourth-order valence-corrected chi connectivity index (χ4v) is 1.23. The van der Waals surface area contributed by atoms with E-state index in [4.69, 9.17) is 27.9 Å². The Kier molecular flexibility index (Phi) is 8.67. The van der Waals surface area contributed by atoms with Crippen LogP contribution in [0.15, 0.2) is 0 Å². The van der Waals surface area contributed by atoms with Gasteiger partial charge in [0.25, 0.3) is 0 Å². The van der Waals surface area contributed by atoms with Gasteiger partial charge in [0.1, 0.15) is 5.88 Å². The molecule has 0 heterocycles. The number of rotatable bonds is 7. The van der Waals surface area contributed by atoms with E-state index in [9.17, 15) is 4.79 Å². The Balaban J connectivity index is 3.26. The molecular weight excluding hydrogens is 211 g/mol. The molecule has 0 aliphatic heterocycles. The van der Waals surface area contributed by atoms with Crippen molar-refractivity contribution in [3.05, 3.63) is 0 Å². The van der Waals surface area contributed by atoms with Gasteiger partial charge >= 0.3 is 5.97 Å². The third-order valence-corrected chi connectivity index (χ3v) is 2.33. The normalized spacial score (nSPS) is 12.5. The summed E-state index contributed by atoms with van der Waals surface area (Å²) in [5.74, 6) is -0.455. The lowest BCUT2D eigenvalue weighted by molar-refractivity contribution is -0.140. The van der Waals surface area contributed by atoms with E-state index in [1.807, 2.05) is 0 Å². The summed E-state index contributed by atoms with van der Waals surface area (Å²) in [5, 5.41) is 0.114. The molecule has 78 valence electrons. The van der Waals surface area contributed by atoms with Gasteiger partial charge in [-0.1, -0.05) is 19.8 Å². The van der Waals surface area contributed by atoms with E-state index in [0.29, 0.717) is 13.0 Å². The third kappa shape index (κ3) is 8.38. The van der Waals surface area contributed by atoms with Gasteiger partial charge in [-0.2, -0.15) is 0 Å². The van der Waals surface area contributed by atoms with E-state index in [1.165, 1.54) is 0 Å². The van der Waals surface area contributed by atoms with Crippen LogP contribution in [0.4, 0.5) is 0 Å². The van der Waals surface area contributed by atoms with Crippen LogP contribution in [0.2, 0.25) is 0 Å². The summed E-state index contributed by atoms with van der Waals surface area (Å²) in [6.45, 7) is 2.50. The fourth-order valence-electron chi connectivity index (χ4n) is 0.909. The first-order valence-electron chi connectivity index (χ1n) is 4.56. The highest BCUT2D eigenvalue weighted by molar-refractivity contribution is 6.26. The van der Waals surface area contributed by atoms with Gasteiger partial charge in [0, 0.05) is 5.38 Å². The number of alkyl halides is 2. The molecule has 0 rings (SSSR count). The van der Waals surface area contributed by atoms with E-state index in [0.717, 1.165) is 19.3 Å². The number of halogens is 2. The summed E-state index contributed by atoms with van der Waals surface area (Å²) in [7, 11) is 0. The molecule has 13 heavy (non-hydrogen) atoms. The van der Waals surface area contributed by atoms with E-state index < -0.39 is 0 Å². The molecule has 0 aliphatic carbocycles. The summed E-state index contributed by atoms with van der Waals surface area (Å²) < 4.78 is 4.79. The predicted molar refractivity (Wildman–Crippen MR) is 55.5 cm³/mol. The van der Waals surface area contributed by atoms with Gasteiger partial charge in [-0.3, -0.25) is 4.79 Å². The maximum atomic E-state index is 10.6. The molecule has 0 radical (unpaired) electrons. The maximum Gasteiger partial charge on any atom is 0.320 e. The second-order valence-electron chi connectivity index (χ2n) is 2.88. The minimum atomic E-state index is -0.374. The van der Waals surface area contributed by atoms with E-state index >= 15 is 0 Å². The summed E-state index contributed by atoms with van der Waals surface area (Å²) in [6.07, 6.45) is 3.96. The van der Waals surface area contributed by atoms with Crippen molar-refractivity contribution in [1.82, 2.24) is 0 Å². The van der Waals surface area contributed by atoms with Crippen molar-refractivity contribution in [1.29, 1.82) is 0 Å². The fraction of sp³-hybridized carbons (Fsp3) is 0.889. The monoisotopic (exact) mass is 226 g/mol.